The van der Waals surface area contributed by atoms with E-state index in [4.69, 9.17) is 0 Å². The van der Waals surface area contributed by atoms with Crippen LogP contribution in [0.1, 0.15) is 53.9 Å². The maximum absolute atomic E-state index is 3.74. The van der Waals surface area contributed by atoms with E-state index in [9.17, 15) is 0 Å². The van der Waals surface area contributed by atoms with Crippen LogP contribution in [-0.4, -0.2) is 12.6 Å². The Morgan fingerprint density at radius 3 is 2.29 bits per heavy atom. The van der Waals surface area contributed by atoms with Crippen LogP contribution in [0.2, 0.25) is 0 Å². The normalized spacial score (nSPS) is 33.6. The average Bonchev–Trinajstić information content (AvgIpc) is 2.42. The third-order valence-corrected chi connectivity index (χ3v) is 3.65. The second-order valence-electron chi connectivity index (χ2n) is 6.15. The van der Waals surface area contributed by atoms with E-state index in [1.54, 1.807) is 0 Å². The van der Waals surface area contributed by atoms with Crippen LogP contribution in [0.25, 0.3) is 0 Å². The Morgan fingerprint density at radius 2 is 1.86 bits per heavy atom. The predicted octanol–water partition coefficient (Wildman–Crippen LogP) is 3.45. The van der Waals surface area contributed by atoms with E-state index < -0.39 is 0 Å². The Labute approximate surface area is 89.7 Å². The molecule has 0 aromatic rings. The maximum Gasteiger partial charge on any atom is 0.00956 e. The fraction of sp³-hybridized carbons (Fsp3) is 1.00. The highest BCUT2D eigenvalue weighted by molar-refractivity contribution is 4.87. The highest BCUT2D eigenvalue weighted by atomic mass is 14.9. The Morgan fingerprint density at radius 1 is 1.21 bits per heavy atom. The lowest BCUT2D eigenvalue weighted by molar-refractivity contribution is 0.299. The van der Waals surface area contributed by atoms with Gasteiger partial charge in [0.1, 0.15) is 0 Å². The van der Waals surface area contributed by atoms with E-state index in [0.29, 0.717) is 5.41 Å². The average molecular weight is 197 g/mol. The minimum atomic E-state index is 0.421. The summed E-state index contributed by atoms with van der Waals surface area (Å²) in [7, 11) is 0. The van der Waals surface area contributed by atoms with Crippen molar-refractivity contribution >= 4 is 0 Å². The molecule has 1 nitrogen and oxygen atoms in total. The molecule has 1 rings (SSSR count). The van der Waals surface area contributed by atoms with Gasteiger partial charge in [0.25, 0.3) is 0 Å². The van der Waals surface area contributed by atoms with Crippen molar-refractivity contribution < 1.29 is 0 Å². The zero-order valence-electron chi connectivity index (χ0n) is 10.6. The van der Waals surface area contributed by atoms with Crippen LogP contribution in [-0.2, 0) is 0 Å². The molecule has 0 radical (unpaired) electrons. The van der Waals surface area contributed by atoms with Gasteiger partial charge in [0.2, 0.25) is 0 Å². The van der Waals surface area contributed by atoms with E-state index in [2.05, 4.69) is 39.9 Å². The first-order chi connectivity index (χ1) is 6.44. The molecule has 0 amide bonds. The molecule has 0 aliphatic heterocycles. The molecule has 1 heteroatoms. The molecule has 14 heavy (non-hydrogen) atoms. The summed E-state index contributed by atoms with van der Waals surface area (Å²) < 4.78 is 0. The Hall–Kier alpha value is -0.0400. The third kappa shape index (κ3) is 3.27. The van der Waals surface area contributed by atoms with Crippen LogP contribution < -0.4 is 5.32 Å². The van der Waals surface area contributed by atoms with Crippen molar-refractivity contribution in [3.05, 3.63) is 0 Å². The Bertz CT molecular complexity index is 169. The first-order valence-electron chi connectivity index (χ1n) is 6.17. The molecular weight excluding hydrogens is 170 g/mol. The van der Waals surface area contributed by atoms with Gasteiger partial charge in [0.05, 0.1) is 0 Å². The van der Waals surface area contributed by atoms with E-state index in [0.717, 1.165) is 24.4 Å². The maximum atomic E-state index is 3.74. The highest BCUT2D eigenvalue weighted by Gasteiger charge is 2.31. The van der Waals surface area contributed by atoms with Crippen molar-refractivity contribution in [1.82, 2.24) is 5.32 Å². The molecule has 1 N–H and O–H groups in total. The predicted molar refractivity (Wildman–Crippen MR) is 63.4 cm³/mol. The molecular formula is C13H27N. The number of hydrogen-bond acceptors (Lipinski definition) is 1. The van der Waals surface area contributed by atoms with Gasteiger partial charge in [0.15, 0.2) is 0 Å². The number of nitrogens with one attached hydrogen (secondary N) is 1. The zero-order valence-corrected chi connectivity index (χ0v) is 10.6. The standard InChI is InChI=1S/C13H27N/c1-6-11-7-8-12(10(11)2)14-9-13(3,4)5/h10-12,14H,6-9H2,1-5H3. The van der Waals surface area contributed by atoms with Gasteiger partial charge in [-0.15, -0.1) is 0 Å². The first-order valence-corrected chi connectivity index (χ1v) is 6.17. The second kappa shape index (κ2) is 4.65. The van der Waals surface area contributed by atoms with Gasteiger partial charge in [-0.05, 0) is 30.1 Å². The van der Waals surface area contributed by atoms with E-state index in [-0.39, 0.29) is 0 Å². The molecule has 0 bridgehead atoms. The van der Waals surface area contributed by atoms with Crippen LogP contribution in [0, 0.1) is 17.3 Å². The van der Waals surface area contributed by atoms with E-state index in [1.807, 2.05) is 0 Å². The molecule has 1 fully saturated rings. The first kappa shape index (κ1) is 12.0. The lowest BCUT2D eigenvalue weighted by Crippen LogP contribution is -2.38. The lowest BCUT2D eigenvalue weighted by atomic mass is 9.92. The van der Waals surface area contributed by atoms with Crippen molar-refractivity contribution in [2.24, 2.45) is 17.3 Å². The topological polar surface area (TPSA) is 12.0 Å². The molecule has 1 saturated carbocycles. The number of hydrogen-bond donors (Lipinski definition) is 1. The van der Waals surface area contributed by atoms with Crippen molar-refractivity contribution in [2.75, 3.05) is 6.54 Å². The molecule has 1 aliphatic rings. The van der Waals surface area contributed by atoms with Crippen molar-refractivity contribution in [1.29, 1.82) is 0 Å². The Kier molecular flexibility index (Phi) is 4.00. The highest BCUT2D eigenvalue weighted by Crippen LogP contribution is 2.34. The van der Waals surface area contributed by atoms with Crippen LogP contribution >= 0.6 is 0 Å². The lowest BCUT2D eigenvalue weighted by Gasteiger charge is -2.26. The van der Waals surface area contributed by atoms with Gasteiger partial charge in [-0.25, -0.2) is 0 Å². The summed E-state index contributed by atoms with van der Waals surface area (Å²) in [6.07, 6.45) is 4.17. The largest absolute Gasteiger partial charge is 0.313 e. The van der Waals surface area contributed by atoms with Gasteiger partial charge < -0.3 is 5.32 Å². The monoisotopic (exact) mass is 197 g/mol. The molecule has 0 saturated heterocycles. The van der Waals surface area contributed by atoms with Crippen molar-refractivity contribution in [3.8, 4) is 0 Å². The Balaban J connectivity index is 2.33. The van der Waals surface area contributed by atoms with Crippen molar-refractivity contribution in [2.45, 2.75) is 59.9 Å². The zero-order chi connectivity index (χ0) is 10.8. The summed E-state index contributed by atoms with van der Waals surface area (Å²) in [5.74, 6) is 1.84. The molecule has 0 spiro atoms. The van der Waals surface area contributed by atoms with Crippen LogP contribution in [0.15, 0.2) is 0 Å². The summed E-state index contributed by atoms with van der Waals surface area (Å²) in [5.41, 5.74) is 0.421. The van der Waals surface area contributed by atoms with Crippen LogP contribution in [0.4, 0.5) is 0 Å². The van der Waals surface area contributed by atoms with Gasteiger partial charge >= 0.3 is 0 Å². The van der Waals surface area contributed by atoms with Gasteiger partial charge in [-0.1, -0.05) is 41.0 Å². The molecule has 84 valence electrons. The summed E-state index contributed by atoms with van der Waals surface area (Å²) in [6.45, 7) is 12.8. The molecule has 0 aromatic heterocycles. The second-order valence-corrected chi connectivity index (χ2v) is 6.15. The minimum absolute atomic E-state index is 0.421. The van der Waals surface area contributed by atoms with Crippen LogP contribution in [0.5, 0.6) is 0 Å². The molecule has 1 aliphatic carbocycles. The molecule has 3 unspecified atom stereocenters. The summed E-state index contributed by atoms with van der Waals surface area (Å²) >= 11 is 0. The molecule has 0 aromatic carbocycles. The van der Waals surface area contributed by atoms with Crippen LogP contribution in [0.3, 0.4) is 0 Å². The van der Waals surface area contributed by atoms with Gasteiger partial charge in [-0.3, -0.25) is 0 Å². The molecule has 3 atom stereocenters. The molecule has 0 heterocycles. The fourth-order valence-electron chi connectivity index (χ4n) is 2.55. The number of rotatable bonds is 3. The quantitative estimate of drug-likeness (QED) is 0.731. The van der Waals surface area contributed by atoms with E-state index in [1.165, 1.54) is 19.3 Å². The summed E-state index contributed by atoms with van der Waals surface area (Å²) in [5, 5.41) is 3.74. The smallest absolute Gasteiger partial charge is 0.00956 e. The van der Waals surface area contributed by atoms with Crippen molar-refractivity contribution in [3.63, 3.8) is 0 Å². The summed E-state index contributed by atoms with van der Waals surface area (Å²) in [4.78, 5) is 0. The minimum Gasteiger partial charge on any atom is -0.313 e. The van der Waals surface area contributed by atoms with Gasteiger partial charge in [-0.2, -0.15) is 0 Å². The van der Waals surface area contributed by atoms with E-state index >= 15 is 0 Å². The third-order valence-electron chi connectivity index (χ3n) is 3.65. The van der Waals surface area contributed by atoms with Gasteiger partial charge in [0, 0.05) is 12.6 Å². The fourth-order valence-corrected chi connectivity index (χ4v) is 2.55. The summed E-state index contributed by atoms with van der Waals surface area (Å²) in [6, 6.07) is 0.777. The SMILES string of the molecule is CCC1CCC(NCC(C)(C)C)C1C.